The van der Waals surface area contributed by atoms with Gasteiger partial charge in [0.2, 0.25) is 0 Å². The van der Waals surface area contributed by atoms with Gasteiger partial charge in [0, 0.05) is 0 Å². The molecule has 0 amide bonds. The van der Waals surface area contributed by atoms with E-state index < -0.39 is 0 Å². The molecule has 1 nitrogen and oxygen atoms in total. The molecule has 0 unspecified atom stereocenters. The fraction of sp³-hybridized carbons (Fsp3) is 1.00. The molecule has 0 heterocycles. The number of aliphatic hydroxyl groups is 1. The Labute approximate surface area is 124 Å². The van der Waals surface area contributed by atoms with Crippen LogP contribution in [-0.2, 0) is 0 Å². The van der Waals surface area contributed by atoms with E-state index in [1.807, 2.05) is 0 Å². The van der Waals surface area contributed by atoms with E-state index in [0.717, 1.165) is 36.5 Å². The average Bonchev–Trinajstić information content (AvgIpc) is 2.81. The summed E-state index contributed by atoms with van der Waals surface area (Å²) in [6.45, 7) is 5.19. The Morgan fingerprint density at radius 1 is 0.850 bits per heavy atom. The van der Waals surface area contributed by atoms with Crippen LogP contribution in [0.4, 0.5) is 0 Å². The highest BCUT2D eigenvalue weighted by Crippen LogP contribution is 2.66. The molecule has 0 bridgehead atoms. The van der Waals surface area contributed by atoms with Crippen LogP contribution in [0.5, 0.6) is 0 Å². The van der Waals surface area contributed by atoms with E-state index in [4.69, 9.17) is 0 Å². The summed E-state index contributed by atoms with van der Waals surface area (Å²) in [4.78, 5) is 0. The van der Waals surface area contributed by atoms with Crippen LogP contribution < -0.4 is 0 Å². The normalized spacial score (nSPS) is 58.6. The molecule has 0 aromatic carbocycles. The highest BCUT2D eigenvalue weighted by atomic mass is 16.3. The minimum absolute atomic E-state index is 0.00459. The molecule has 4 aliphatic rings. The molecule has 4 rings (SSSR count). The van der Waals surface area contributed by atoms with E-state index in [1.165, 1.54) is 51.4 Å². The van der Waals surface area contributed by atoms with E-state index in [2.05, 4.69) is 13.8 Å². The first kappa shape index (κ1) is 13.6. The molecule has 0 spiro atoms. The number of aliphatic hydroxyl groups excluding tert-OH is 1. The molecule has 0 saturated heterocycles. The van der Waals surface area contributed by atoms with E-state index in [9.17, 15) is 5.11 Å². The third kappa shape index (κ3) is 1.77. The molecule has 0 aliphatic heterocycles. The zero-order valence-electron chi connectivity index (χ0n) is 13.4. The van der Waals surface area contributed by atoms with Crippen LogP contribution in [0.2, 0.25) is 0 Å². The monoisotopic (exact) mass is 276 g/mol. The molecule has 4 aliphatic carbocycles. The molecule has 114 valence electrons. The highest BCUT2D eigenvalue weighted by molar-refractivity contribution is 5.07. The first-order valence-corrected chi connectivity index (χ1v) is 9.21. The van der Waals surface area contributed by atoms with E-state index in [0.29, 0.717) is 10.8 Å². The van der Waals surface area contributed by atoms with Crippen LogP contribution >= 0.6 is 0 Å². The minimum Gasteiger partial charge on any atom is -0.393 e. The van der Waals surface area contributed by atoms with Crippen LogP contribution in [0.1, 0.15) is 78.1 Å². The lowest BCUT2D eigenvalue weighted by molar-refractivity contribution is -0.120. The molecule has 1 N–H and O–H groups in total. The van der Waals surface area contributed by atoms with E-state index in [-0.39, 0.29) is 6.10 Å². The predicted octanol–water partition coefficient (Wildman–Crippen LogP) is 4.78. The van der Waals surface area contributed by atoms with Gasteiger partial charge in [-0.2, -0.15) is 0 Å². The Hall–Kier alpha value is -0.0400. The Kier molecular flexibility index (Phi) is 3.05. The summed E-state index contributed by atoms with van der Waals surface area (Å²) in [6, 6.07) is 0. The molecule has 1 heteroatoms. The van der Waals surface area contributed by atoms with Crippen LogP contribution in [0.15, 0.2) is 0 Å². The second kappa shape index (κ2) is 4.48. The van der Waals surface area contributed by atoms with Crippen LogP contribution in [0.3, 0.4) is 0 Å². The Bertz CT molecular complexity index is 391. The smallest absolute Gasteiger partial charge is 0.0543 e. The van der Waals surface area contributed by atoms with Gasteiger partial charge in [-0.05, 0) is 92.3 Å². The van der Waals surface area contributed by atoms with Gasteiger partial charge in [-0.15, -0.1) is 0 Å². The summed E-state index contributed by atoms with van der Waals surface area (Å²) in [6.07, 6.45) is 13.8. The van der Waals surface area contributed by atoms with Gasteiger partial charge in [-0.3, -0.25) is 0 Å². The van der Waals surface area contributed by atoms with Crippen molar-refractivity contribution in [2.24, 2.45) is 34.5 Å². The number of hydrogen-bond donors (Lipinski definition) is 1. The summed E-state index contributed by atoms with van der Waals surface area (Å²) in [5.41, 5.74) is 1.25. The standard InChI is InChI=1S/C19H32O/c1-18-9-3-4-16(18)15-6-5-13-12-14(20)7-11-19(13,2)17(15)8-10-18/h13-17,20H,3-12H2,1-2H3/t13-,14-,15+,16+,17+,18+,19-/m0/s1. The fourth-order valence-electron chi connectivity index (χ4n) is 7.23. The topological polar surface area (TPSA) is 20.2 Å². The first-order chi connectivity index (χ1) is 9.53. The number of rotatable bonds is 0. The summed E-state index contributed by atoms with van der Waals surface area (Å²) in [7, 11) is 0. The SMILES string of the molecule is C[C@]12CCC[C@@H]1[C@H]1CC[C@H]3C[C@@H](O)CC[C@]3(C)[C@@H]1CC2. The van der Waals surface area contributed by atoms with Gasteiger partial charge >= 0.3 is 0 Å². The van der Waals surface area contributed by atoms with Gasteiger partial charge in [-0.25, -0.2) is 0 Å². The van der Waals surface area contributed by atoms with Gasteiger partial charge < -0.3 is 5.11 Å². The van der Waals surface area contributed by atoms with Gasteiger partial charge in [0.15, 0.2) is 0 Å². The largest absolute Gasteiger partial charge is 0.393 e. The van der Waals surface area contributed by atoms with Crippen molar-refractivity contribution in [3.63, 3.8) is 0 Å². The van der Waals surface area contributed by atoms with Crippen molar-refractivity contribution in [2.45, 2.75) is 84.2 Å². The zero-order chi connectivity index (χ0) is 14.0. The van der Waals surface area contributed by atoms with Crippen molar-refractivity contribution >= 4 is 0 Å². The molecule has 4 saturated carbocycles. The molecular weight excluding hydrogens is 244 g/mol. The van der Waals surface area contributed by atoms with Crippen LogP contribution in [0, 0.1) is 34.5 Å². The summed E-state index contributed by atoms with van der Waals surface area (Å²) >= 11 is 0. The molecule has 4 fully saturated rings. The van der Waals surface area contributed by atoms with Crippen molar-refractivity contribution < 1.29 is 5.11 Å². The molecule has 0 radical (unpaired) electrons. The third-order valence-corrected chi connectivity index (χ3v) is 8.42. The van der Waals surface area contributed by atoms with E-state index in [1.54, 1.807) is 0 Å². The molecule has 20 heavy (non-hydrogen) atoms. The van der Waals surface area contributed by atoms with Gasteiger partial charge in [0.25, 0.3) is 0 Å². The zero-order valence-corrected chi connectivity index (χ0v) is 13.4. The molecule has 7 atom stereocenters. The van der Waals surface area contributed by atoms with Gasteiger partial charge in [0.05, 0.1) is 6.10 Å². The quantitative estimate of drug-likeness (QED) is 0.675. The van der Waals surface area contributed by atoms with Crippen molar-refractivity contribution in [1.82, 2.24) is 0 Å². The van der Waals surface area contributed by atoms with Crippen molar-refractivity contribution in [3.05, 3.63) is 0 Å². The number of fused-ring (bicyclic) bond motifs is 5. The van der Waals surface area contributed by atoms with Crippen molar-refractivity contribution in [2.75, 3.05) is 0 Å². The highest BCUT2D eigenvalue weighted by Gasteiger charge is 2.57. The maximum Gasteiger partial charge on any atom is 0.0543 e. The molecule has 0 aromatic rings. The second-order valence-electron chi connectivity index (χ2n) is 9.17. The number of hydrogen-bond acceptors (Lipinski definition) is 1. The summed E-state index contributed by atoms with van der Waals surface area (Å²) in [5.74, 6) is 3.85. The molecule has 0 aromatic heterocycles. The lowest BCUT2D eigenvalue weighted by Crippen LogP contribution is -2.53. The van der Waals surface area contributed by atoms with Crippen LogP contribution in [0.25, 0.3) is 0 Å². The molecular formula is C19H32O. The minimum atomic E-state index is 0.00459. The predicted molar refractivity (Wildman–Crippen MR) is 82.4 cm³/mol. The van der Waals surface area contributed by atoms with E-state index >= 15 is 0 Å². The Morgan fingerprint density at radius 3 is 2.55 bits per heavy atom. The third-order valence-electron chi connectivity index (χ3n) is 8.42. The lowest BCUT2D eigenvalue weighted by atomic mass is 9.45. The fourth-order valence-corrected chi connectivity index (χ4v) is 7.23. The summed E-state index contributed by atoms with van der Waals surface area (Å²) in [5, 5.41) is 10.0. The first-order valence-electron chi connectivity index (χ1n) is 9.21. The van der Waals surface area contributed by atoms with Crippen molar-refractivity contribution in [1.29, 1.82) is 0 Å². The Balaban J connectivity index is 1.62. The van der Waals surface area contributed by atoms with Crippen LogP contribution in [-0.4, -0.2) is 11.2 Å². The average molecular weight is 276 g/mol. The van der Waals surface area contributed by atoms with Crippen molar-refractivity contribution in [3.8, 4) is 0 Å². The summed E-state index contributed by atoms with van der Waals surface area (Å²) < 4.78 is 0. The maximum absolute atomic E-state index is 10.0. The Morgan fingerprint density at radius 2 is 1.70 bits per heavy atom. The van der Waals surface area contributed by atoms with Gasteiger partial charge in [0.1, 0.15) is 0 Å². The lowest BCUT2D eigenvalue weighted by Gasteiger charge is -2.60. The van der Waals surface area contributed by atoms with Gasteiger partial charge in [-0.1, -0.05) is 20.3 Å². The maximum atomic E-state index is 10.0. The second-order valence-corrected chi connectivity index (χ2v) is 9.17.